The van der Waals surface area contributed by atoms with Gasteiger partial charge in [0.05, 0.1) is 12.2 Å². The Kier molecular flexibility index (Phi) is 6.45. The quantitative estimate of drug-likeness (QED) is 0.748. The molecule has 0 bridgehead atoms. The van der Waals surface area contributed by atoms with E-state index in [0.717, 1.165) is 45.2 Å². The molecule has 1 fully saturated rings. The number of hydrogen-bond donors (Lipinski definition) is 2. The predicted octanol–water partition coefficient (Wildman–Crippen LogP) is 1.88. The smallest absolute Gasteiger partial charge is 0.0580 e. The number of rotatable bonds is 6. The molecular formula is C14H29NO2. The van der Waals surface area contributed by atoms with Gasteiger partial charge in [-0.1, -0.05) is 26.7 Å². The van der Waals surface area contributed by atoms with Crippen molar-refractivity contribution >= 4 is 0 Å². The largest absolute Gasteiger partial charge is 0.393 e. The van der Waals surface area contributed by atoms with E-state index < -0.39 is 0 Å². The molecule has 0 aromatic heterocycles. The van der Waals surface area contributed by atoms with E-state index in [4.69, 9.17) is 0 Å². The maximum absolute atomic E-state index is 10.1. The molecule has 3 nitrogen and oxygen atoms in total. The van der Waals surface area contributed by atoms with Gasteiger partial charge in [0.2, 0.25) is 0 Å². The Labute approximate surface area is 106 Å². The van der Waals surface area contributed by atoms with Gasteiger partial charge >= 0.3 is 0 Å². The number of hydrogen-bond acceptors (Lipinski definition) is 3. The van der Waals surface area contributed by atoms with E-state index in [1.54, 1.807) is 0 Å². The van der Waals surface area contributed by atoms with Crippen molar-refractivity contribution < 1.29 is 10.2 Å². The monoisotopic (exact) mass is 243 g/mol. The lowest BCUT2D eigenvalue weighted by Crippen LogP contribution is -2.46. The van der Waals surface area contributed by atoms with Gasteiger partial charge in [0, 0.05) is 13.1 Å². The van der Waals surface area contributed by atoms with Crippen molar-refractivity contribution in [1.29, 1.82) is 0 Å². The minimum atomic E-state index is -0.195. The molecule has 0 radical (unpaired) electrons. The van der Waals surface area contributed by atoms with Crippen LogP contribution < -0.4 is 0 Å². The van der Waals surface area contributed by atoms with Crippen LogP contribution in [0.1, 0.15) is 46.0 Å². The van der Waals surface area contributed by atoms with Crippen LogP contribution in [0, 0.1) is 11.8 Å². The summed E-state index contributed by atoms with van der Waals surface area (Å²) in [6, 6.07) is 0. The number of nitrogens with zero attached hydrogens (tertiary/aromatic N) is 1. The number of piperidine rings is 1. The molecule has 0 saturated carbocycles. The first-order chi connectivity index (χ1) is 8.08. The van der Waals surface area contributed by atoms with Crippen LogP contribution in [-0.2, 0) is 0 Å². The first-order valence-corrected chi connectivity index (χ1v) is 7.13. The van der Waals surface area contributed by atoms with Crippen molar-refractivity contribution in [2.45, 2.75) is 58.2 Å². The molecule has 2 N–H and O–H groups in total. The molecule has 0 aromatic rings. The highest BCUT2D eigenvalue weighted by molar-refractivity contribution is 4.84. The average molecular weight is 243 g/mol. The Morgan fingerprint density at radius 1 is 1.00 bits per heavy atom. The van der Waals surface area contributed by atoms with Gasteiger partial charge in [-0.15, -0.1) is 0 Å². The lowest BCUT2D eigenvalue weighted by atomic mass is 9.81. The third-order valence-corrected chi connectivity index (χ3v) is 3.96. The Balaban J connectivity index is 2.52. The number of aliphatic hydroxyl groups excluding tert-OH is 2. The van der Waals surface area contributed by atoms with Crippen molar-refractivity contribution in [3.05, 3.63) is 0 Å². The molecule has 4 atom stereocenters. The standard InChI is InChI=1S/C14H29NO2/c1-4-6-13(16)11-8-12(10-15(3)9-11)14(17)7-5-2/h11-14,16-17H,4-10H2,1-3H3. The molecule has 1 heterocycles. The molecule has 1 aliphatic heterocycles. The summed E-state index contributed by atoms with van der Waals surface area (Å²) in [5.41, 5.74) is 0. The van der Waals surface area contributed by atoms with Crippen LogP contribution in [0.25, 0.3) is 0 Å². The SMILES string of the molecule is CCCC(O)C1CC(C(O)CCC)CN(C)C1. The molecule has 0 amide bonds. The molecule has 4 unspecified atom stereocenters. The van der Waals surface area contributed by atoms with Gasteiger partial charge < -0.3 is 15.1 Å². The van der Waals surface area contributed by atoms with Gasteiger partial charge in [-0.05, 0) is 38.1 Å². The molecule has 0 aromatic carbocycles. The maximum Gasteiger partial charge on any atom is 0.0580 e. The molecule has 1 rings (SSSR count). The van der Waals surface area contributed by atoms with Gasteiger partial charge in [-0.25, -0.2) is 0 Å². The second-order valence-electron chi connectivity index (χ2n) is 5.69. The van der Waals surface area contributed by atoms with E-state index in [-0.39, 0.29) is 12.2 Å². The molecular weight excluding hydrogens is 214 g/mol. The second-order valence-corrected chi connectivity index (χ2v) is 5.69. The van der Waals surface area contributed by atoms with E-state index in [1.165, 1.54) is 0 Å². The summed E-state index contributed by atoms with van der Waals surface area (Å²) in [6.45, 7) is 6.16. The van der Waals surface area contributed by atoms with E-state index in [2.05, 4.69) is 25.8 Å². The second kappa shape index (κ2) is 7.34. The summed E-state index contributed by atoms with van der Waals surface area (Å²) in [7, 11) is 2.09. The fourth-order valence-corrected chi connectivity index (χ4v) is 3.03. The minimum absolute atomic E-state index is 0.195. The van der Waals surface area contributed by atoms with E-state index in [0.29, 0.717) is 11.8 Å². The highest BCUT2D eigenvalue weighted by Crippen LogP contribution is 2.28. The zero-order chi connectivity index (χ0) is 12.8. The predicted molar refractivity (Wildman–Crippen MR) is 70.9 cm³/mol. The Hall–Kier alpha value is -0.120. The van der Waals surface area contributed by atoms with E-state index in [1.807, 2.05) is 0 Å². The van der Waals surface area contributed by atoms with Crippen LogP contribution in [0.3, 0.4) is 0 Å². The van der Waals surface area contributed by atoms with Crippen LogP contribution in [0.15, 0.2) is 0 Å². The van der Waals surface area contributed by atoms with Gasteiger partial charge in [0.15, 0.2) is 0 Å². The lowest BCUT2D eigenvalue weighted by molar-refractivity contribution is -0.0106. The van der Waals surface area contributed by atoms with Crippen molar-refractivity contribution in [2.24, 2.45) is 11.8 Å². The van der Waals surface area contributed by atoms with Gasteiger partial charge in [-0.3, -0.25) is 0 Å². The highest BCUT2D eigenvalue weighted by Gasteiger charge is 2.32. The van der Waals surface area contributed by atoms with Crippen LogP contribution in [-0.4, -0.2) is 47.5 Å². The van der Waals surface area contributed by atoms with Crippen molar-refractivity contribution in [1.82, 2.24) is 4.90 Å². The summed E-state index contributed by atoms with van der Waals surface area (Å²) < 4.78 is 0. The molecule has 1 saturated heterocycles. The van der Waals surface area contributed by atoms with Crippen molar-refractivity contribution in [3.63, 3.8) is 0 Å². The topological polar surface area (TPSA) is 43.7 Å². The van der Waals surface area contributed by atoms with Crippen LogP contribution in [0.5, 0.6) is 0 Å². The first kappa shape index (κ1) is 14.9. The van der Waals surface area contributed by atoms with Crippen LogP contribution >= 0.6 is 0 Å². The summed E-state index contributed by atoms with van der Waals surface area (Å²) in [6.07, 6.45) is 4.42. The van der Waals surface area contributed by atoms with Gasteiger partial charge in [0.25, 0.3) is 0 Å². The van der Waals surface area contributed by atoms with Gasteiger partial charge in [0.1, 0.15) is 0 Å². The summed E-state index contributed by atoms with van der Waals surface area (Å²) in [5.74, 6) is 0.676. The third-order valence-electron chi connectivity index (χ3n) is 3.96. The minimum Gasteiger partial charge on any atom is -0.393 e. The molecule has 102 valence electrons. The number of likely N-dealkylation sites (tertiary alicyclic amines) is 1. The highest BCUT2D eigenvalue weighted by atomic mass is 16.3. The Bertz CT molecular complexity index is 190. The van der Waals surface area contributed by atoms with E-state index in [9.17, 15) is 10.2 Å². The lowest BCUT2D eigenvalue weighted by Gasteiger charge is -2.39. The molecule has 3 heteroatoms. The van der Waals surface area contributed by atoms with Crippen LogP contribution in [0.4, 0.5) is 0 Å². The maximum atomic E-state index is 10.1. The molecule has 17 heavy (non-hydrogen) atoms. The van der Waals surface area contributed by atoms with Crippen molar-refractivity contribution in [2.75, 3.05) is 20.1 Å². The number of aliphatic hydroxyl groups is 2. The fourth-order valence-electron chi connectivity index (χ4n) is 3.03. The zero-order valence-corrected chi connectivity index (χ0v) is 11.6. The Morgan fingerprint density at radius 2 is 1.41 bits per heavy atom. The molecule has 0 spiro atoms. The van der Waals surface area contributed by atoms with Gasteiger partial charge in [-0.2, -0.15) is 0 Å². The van der Waals surface area contributed by atoms with Crippen LogP contribution in [0.2, 0.25) is 0 Å². The fraction of sp³-hybridized carbons (Fsp3) is 1.00. The van der Waals surface area contributed by atoms with Crippen molar-refractivity contribution in [3.8, 4) is 0 Å². The first-order valence-electron chi connectivity index (χ1n) is 7.13. The average Bonchev–Trinajstić information content (AvgIpc) is 2.29. The summed E-state index contributed by atoms with van der Waals surface area (Å²) in [4.78, 5) is 2.26. The zero-order valence-electron chi connectivity index (χ0n) is 11.6. The summed E-state index contributed by atoms with van der Waals surface area (Å²) >= 11 is 0. The Morgan fingerprint density at radius 3 is 1.76 bits per heavy atom. The molecule has 0 aliphatic carbocycles. The molecule has 1 aliphatic rings. The normalized spacial score (nSPS) is 30.2. The third kappa shape index (κ3) is 4.57. The van der Waals surface area contributed by atoms with E-state index >= 15 is 0 Å². The summed E-state index contributed by atoms with van der Waals surface area (Å²) in [5, 5.41) is 20.2.